The van der Waals surface area contributed by atoms with Gasteiger partial charge in [0.1, 0.15) is 0 Å². The van der Waals surface area contributed by atoms with Crippen LogP contribution in [0.2, 0.25) is 0 Å². The van der Waals surface area contributed by atoms with E-state index in [0.717, 1.165) is 244 Å². The molecule has 12 N–H and O–H groups in total. The molecule has 0 aromatic heterocycles. The molecule has 0 atom stereocenters. The van der Waals surface area contributed by atoms with Crippen LogP contribution in [0.5, 0.6) is 0 Å². The van der Waals surface area contributed by atoms with Crippen LogP contribution in [-0.4, -0.2) is 175 Å². The first-order chi connectivity index (χ1) is 61.2. The van der Waals surface area contributed by atoms with Crippen LogP contribution in [0.4, 0.5) is 0 Å². The molecule has 41 heteroatoms. The minimum atomic E-state index is -4.20. The third kappa shape index (κ3) is 44.2. The van der Waals surface area contributed by atoms with Crippen LogP contribution < -0.4 is 47.2 Å². The number of carbonyl (C=O) groups is 14. The van der Waals surface area contributed by atoms with Crippen LogP contribution in [0.3, 0.4) is 0 Å². The van der Waals surface area contributed by atoms with Gasteiger partial charge in [-0.05, 0) is 177 Å². The van der Waals surface area contributed by atoms with Gasteiger partial charge in [0.05, 0.1) is 84.1 Å². The van der Waals surface area contributed by atoms with E-state index in [1.165, 1.54) is 64.1 Å². The number of hydrogen-bond donors (Lipinski definition) is 8. The summed E-state index contributed by atoms with van der Waals surface area (Å²) in [6.07, 6.45) is 46.1. The quantitative estimate of drug-likeness (QED) is 0.00457. The van der Waals surface area contributed by atoms with Crippen molar-refractivity contribution in [1.29, 1.82) is 0 Å². The second-order valence-electron chi connectivity index (χ2n) is 37.0. The second kappa shape index (κ2) is 62.8. The number of amides is 6. The molecule has 0 radical (unpaired) electrons. The van der Waals surface area contributed by atoms with Crippen molar-refractivity contribution in [3.05, 3.63) is 56.2 Å². The summed E-state index contributed by atoms with van der Waals surface area (Å²) in [6.45, 7) is 2.77. The Morgan fingerprint density at radius 2 is 0.742 bits per heavy atom. The van der Waals surface area contributed by atoms with Gasteiger partial charge in [0.25, 0.3) is 23.6 Å². The number of hydroxylamine groups is 4. The van der Waals surface area contributed by atoms with Gasteiger partial charge < -0.3 is 68.1 Å². The number of hydrogen-bond acceptors (Lipinski definition) is 27. The number of carboxylic acid groups (broad SMARTS) is 3. The van der Waals surface area contributed by atoms with E-state index in [1.54, 1.807) is 18.2 Å². The van der Waals surface area contributed by atoms with Crippen molar-refractivity contribution in [3.63, 3.8) is 0 Å². The maximum atomic E-state index is 12.4. The third-order valence-corrected chi connectivity index (χ3v) is 28.3. The standard InChI is InChI=1S/C17H21NO5S.C11H17N3O3.C11H17NO3.C11H18O4.C10H15NO3.C10H17NO3.C10H14O3.C9H17NO2.CH4O.CH4.N3.H3N.Na/c1-13-5-7-14(8-6-13)24(21,22)23-18-15(19)11-17(12-16(18)20)9-3-2-4-10-17;1-17-10(16)8-11(5-3-2-4-6-11)7-9(15)13-14-12;1-15-10(14)7-11(8-12-9-13)5-3-2-4-6-11;1-15-10(14)8-11(7-9(12)13)5-3-2-4-6-11;12-8-6-10(4-2-1-3-5-10)7-9(13)11(8)14;11-8(12)6-10(7-9(13)14)4-2-1-3-5-10;11-8-6-10(7-9(12)13-8)4-2-1-3-5-10;10-7-9(6-8(11)12)4-2-1-3-5-9;1-2;;1-3-2;;/h5-8H,2-4,9-12H2,1H3;2-8H2,1H3;2-8H2,1H3;2-8H2,1H3,(H,12,13);14H,1-7H2;1-7H2,(H2,11,12)(H,13,14);1-7H2;1-7,10H2,(H,11,12);2H,1H3;1H4;;1H3;/q;;;;;;;;;;-1;;+1. The zero-order valence-electron chi connectivity index (χ0n) is 77.9. The Morgan fingerprint density at radius 3 is 1.05 bits per heavy atom. The maximum Gasteiger partial charge on any atom is 1.00 e. The summed E-state index contributed by atoms with van der Waals surface area (Å²) in [4.78, 5) is 176. The third-order valence-electron chi connectivity index (χ3n) is 27.1. The average Bonchev–Trinajstić information content (AvgIpc) is 0.773. The molecule has 740 valence electrons. The predicted molar refractivity (Wildman–Crippen MR) is 479 cm³/mol. The van der Waals surface area contributed by atoms with Crippen LogP contribution in [0.15, 0.2) is 39.3 Å². The van der Waals surface area contributed by atoms with Gasteiger partial charge in [-0.25, -0.2) is 9.79 Å². The van der Waals surface area contributed by atoms with Crippen LogP contribution >= 0.6 is 0 Å². The van der Waals surface area contributed by atoms with Crippen molar-refractivity contribution in [2.24, 2.45) is 64.9 Å². The number of esters is 5. The minimum absolute atomic E-state index is 0. The number of aryl methyl sites for hydroxylation is 1. The Hall–Kier alpha value is -8.65. The summed E-state index contributed by atoms with van der Waals surface area (Å²) in [6, 6.07) is 6.05. The molecule has 8 saturated carbocycles. The number of primary amides is 1. The van der Waals surface area contributed by atoms with Gasteiger partial charge in [-0.1, -0.05) is 179 Å². The Bertz CT molecular complexity index is 3970. The van der Waals surface area contributed by atoms with Crippen LogP contribution in [-0.2, 0) is 105 Å². The monoisotopic (exact) mass is 1900 g/mol. The number of isocyanates is 1. The summed E-state index contributed by atoms with van der Waals surface area (Å²) in [5, 5.41) is 46.3. The van der Waals surface area contributed by atoms with Crippen molar-refractivity contribution in [2.75, 3.05) is 41.5 Å². The number of benzene rings is 1. The van der Waals surface area contributed by atoms with Crippen LogP contribution in [0.1, 0.15) is 360 Å². The molecule has 6 amide bonds. The molecule has 0 unspecified atom stereocenters. The molecule has 0 bridgehead atoms. The second-order valence-corrected chi connectivity index (χ2v) is 38.5. The van der Waals surface area contributed by atoms with Crippen LogP contribution in [0.25, 0.3) is 26.4 Å². The van der Waals surface area contributed by atoms with Gasteiger partial charge in [0.15, 0.2) is 0 Å². The molecule has 1 aromatic rings. The number of nitrogens with two attached hydrogens (primary N) is 2. The molecule has 132 heavy (non-hydrogen) atoms. The number of aliphatic hydroxyl groups is 1. The fourth-order valence-electron chi connectivity index (χ4n) is 20.4. The van der Waals surface area contributed by atoms with Gasteiger partial charge >= 0.3 is 87.4 Å². The number of aliphatic hydroxyl groups excluding tert-OH is 1. The molecular weight excluding hydrogens is 1750 g/mol. The molecule has 11 aliphatic rings. The van der Waals surface area contributed by atoms with Crippen molar-refractivity contribution in [3.8, 4) is 0 Å². The van der Waals surface area contributed by atoms with E-state index in [9.17, 15) is 80.3 Å². The molecule has 3 saturated heterocycles. The average molecular weight is 1900 g/mol. The fourth-order valence-corrected chi connectivity index (χ4v) is 21.3. The summed E-state index contributed by atoms with van der Waals surface area (Å²) < 4.78 is 48.0. The Morgan fingerprint density at radius 1 is 0.462 bits per heavy atom. The number of rotatable bonds is 22. The Labute approximate surface area is 798 Å². The van der Waals surface area contributed by atoms with E-state index < -0.39 is 57.6 Å². The van der Waals surface area contributed by atoms with E-state index >= 15 is 0 Å². The number of aliphatic imine (C=N–C) groups is 1. The van der Waals surface area contributed by atoms with Gasteiger partial charge in [-0.3, -0.25) is 77.2 Å². The molecule has 3 heterocycles. The zero-order chi connectivity index (χ0) is 96.4. The molecule has 39 nitrogen and oxygen atoms in total. The smallest absolute Gasteiger partial charge is 0.481 e. The number of azide groups is 1. The summed E-state index contributed by atoms with van der Waals surface area (Å²) in [7, 11) is 0.878. The zero-order valence-corrected chi connectivity index (χ0v) is 80.7. The van der Waals surface area contributed by atoms with Gasteiger partial charge in [0, 0.05) is 56.0 Å². The summed E-state index contributed by atoms with van der Waals surface area (Å²) in [5.41, 5.74) is 31.7. The van der Waals surface area contributed by atoms with E-state index in [1.807, 2.05) is 6.92 Å². The van der Waals surface area contributed by atoms with Crippen molar-refractivity contribution in [2.45, 2.75) is 366 Å². The van der Waals surface area contributed by atoms with E-state index in [2.05, 4.69) is 34.0 Å². The topological polar surface area (TPSA) is 651 Å². The van der Waals surface area contributed by atoms with E-state index in [0.29, 0.717) is 55.3 Å². The van der Waals surface area contributed by atoms with Gasteiger partial charge in [-0.2, -0.15) is 13.5 Å². The summed E-state index contributed by atoms with van der Waals surface area (Å²) in [5.74, 6) is -6.66. The van der Waals surface area contributed by atoms with Crippen molar-refractivity contribution >= 4 is 99.4 Å². The number of ether oxygens (including phenoxy) is 4. The number of carboxylic acids is 3. The number of cyclic esters (lactones) is 2. The van der Waals surface area contributed by atoms with E-state index in [-0.39, 0.29) is 185 Å². The molecule has 8 aliphatic carbocycles. The molecule has 3 spiro atoms. The predicted octanol–water partition coefficient (Wildman–Crippen LogP) is 13.5. The Balaban J connectivity index is 0.00000148. The number of aliphatic carboxylic acids is 3. The number of imide groups is 2. The fraction of sp³-hybridized carbons (Fsp3) is 0.769. The van der Waals surface area contributed by atoms with Gasteiger partial charge in [-0.15, -0.1) is 9.35 Å². The molecule has 3 aliphatic heterocycles. The molecular formula is C91H147N12NaO27S. The number of nitrogens with zero attached hydrogens (tertiary/aromatic N) is 9. The summed E-state index contributed by atoms with van der Waals surface area (Å²) >= 11 is 0. The van der Waals surface area contributed by atoms with Crippen molar-refractivity contribution in [1.82, 2.24) is 16.3 Å². The number of piperidine rings is 2. The first-order valence-electron chi connectivity index (χ1n) is 45.3. The number of methoxy groups -OCH3 is 3. The Kier molecular flexibility index (Phi) is 58.7. The van der Waals surface area contributed by atoms with Crippen LogP contribution in [0, 0.1) is 50.2 Å². The first kappa shape index (κ1) is 123. The number of carbonyl (C=O) groups excluding carboxylic acids is 12. The molecule has 11 fully saturated rings. The minimum Gasteiger partial charge on any atom is -0.481 e. The van der Waals surface area contributed by atoms with Crippen molar-refractivity contribution < 1.29 is 159 Å². The SMILES string of the molecule is C.CO.COC(=O)CC1(CC(=O)N=[N+]=[N-])CCCCC1.COC(=O)CC1(CC(=O)O)CCCCC1.COC(=O)CC1(CN=C=O)CCCCC1.Cc1ccc(S(=O)(=O)ON2C(=O)CC3(CCCCC3)CC2=O)cc1.N.NC(=O)CC1(CC(=O)O)CCCCC1.NCC1(CC(=O)O)CCCCC1.O=C1CC2(CCCCC2)CC(=O)N1O.O=C1CC2(CCCCC2)CC(=O)O1.[N-]=[N+]=[N-].[Na+]. The largest absolute Gasteiger partial charge is 1.00 e. The normalized spacial score (nSPS) is 20.4. The molecule has 1 aromatic carbocycles. The molecule has 12 rings (SSSR count). The maximum absolute atomic E-state index is 12.4. The van der Waals surface area contributed by atoms with E-state index in [4.69, 9.17) is 58.0 Å². The first-order valence-corrected chi connectivity index (χ1v) is 46.7. The van der Waals surface area contributed by atoms with Gasteiger partial charge in [0.2, 0.25) is 17.9 Å².